The number of aldehydes is 1. The molecule has 1 atom stereocenters. The highest BCUT2D eigenvalue weighted by molar-refractivity contribution is 6.29. The van der Waals surface area contributed by atoms with Crippen molar-refractivity contribution in [3.8, 4) is 11.1 Å². The monoisotopic (exact) mass is 362 g/mol. The molecule has 0 radical (unpaired) electrons. The van der Waals surface area contributed by atoms with E-state index in [9.17, 15) is 4.79 Å². The van der Waals surface area contributed by atoms with E-state index in [-0.39, 0.29) is 0 Å². The molecule has 0 saturated carbocycles. The molecule has 0 amide bonds. The van der Waals surface area contributed by atoms with Gasteiger partial charge >= 0.3 is 0 Å². The Morgan fingerprint density at radius 2 is 2.00 bits per heavy atom. The van der Waals surface area contributed by atoms with E-state index >= 15 is 0 Å². The van der Waals surface area contributed by atoms with Gasteiger partial charge in [0.1, 0.15) is 23.3 Å². The van der Waals surface area contributed by atoms with Crippen molar-refractivity contribution < 1.29 is 4.79 Å². The van der Waals surface area contributed by atoms with Crippen LogP contribution < -0.4 is 10.6 Å². The van der Waals surface area contributed by atoms with Crippen LogP contribution in [0.4, 0.5) is 11.5 Å². The molecular formula is C20H15ClN4O. The molecule has 1 aromatic carbocycles. The Hall–Kier alpha value is -3.18. The Kier molecular flexibility index (Phi) is 4.37. The maximum atomic E-state index is 11.4. The second-order valence-corrected chi connectivity index (χ2v) is 6.24. The number of pyridine rings is 2. The molecule has 1 aliphatic heterocycles. The summed E-state index contributed by atoms with van der Waals surface area (Å²) in [5.74, 6) is 0.565. The van der Waals surface area contributed by atoms with Crippen LogP contribution in [0.25, 0.3) is 17.2 Å². The first-order chi connectivity index (χ1) is 12.7. The molecule has 1 unspecified atom stereocenters. The van der Waals surface area contributed by atoms with Crippen LogP contribution in [0.1, 0.15) is 17.2 Å². The topological polar surface area (TPSA) is 66.9 Å². The number of anilines is 2. The van der Waals surface area contributed by atoms with Gasteiger partial charge in [0.15, 0.2) is 0 Å². The molecule has 2 N–H and O–H groups in total. The zero-order chi connectivity index (χ0) is 17.9. The Morgan fingerprint density at radius 3 is 2.73 bits per heavy atom. The van der Waals surface area contributed by atoms with Crippen molar-refractivity contribution in [2.45, 2.75) is 6.04 Å². The van der Waals surface area contributed by atoms with E-state index in [0.29, 0.717) is 11.0 Å². The first-order valence-corrected chi connectivity index (χ1v) is 8.48. The van der Waals surface area contributed by atoms with E-state index in [4.69, 9.17) is 11.6 Å². The van der Waals surface area contributed by atoms with Crippen LogP contribution in [0.5, 0.6) is 0 Å². The van der Waals surface area contributed by atoms with Crippen molar-refractivity contribution in [3.05, 3.63) is 77.3 Å². The average Bonchev–Trinajstić information content (AvgIpc) is 2.68. The molecule has 0 saturated heterocycles. The lowest BCUT2D eigenvalue weighted by atomic mass is 9.99. The van der Waals surface area contributed by atoms with E-state index in [1.807, 2.05) is 48.7 Å². The van der Waals surface area contributed by atoms with Crippen molar-refractivity contribution in [1.29, 1.82) is 0 Å². The third kappa shape index (κ3) is 3.17. The number of fused-ring (bicyclic) bond motifs is 1. The van der Waals surface area contributed by atoms with Gasteiger partial charge < -0.3 is 15.4 Å². The van der Waals surface area contributed by atoms with Crippen molar-refractivity contribution in [2.24, 2.45) is 0 Å². The Morgan fingerprint density at radius 1 is 1.15 bits per heavy atom. The summed E-state index contributed by atoms with van der Waals surface area (Å²) in [4.78, 5) is 19.9. The van der Waals surface area contributed by atoms with Crippen LogP contribution in [0.2, 0.25) is 5.15 Å². The summed E-state index contributed by atoms with van der Waals surface area (Å²) in [7, 11) is 0. The Balaban J connectivity index is 1.67. The standard InChI is InChI=1S/C20H15ClN4O/c21-18-10-14-7-9-23-17(12-26)19(14)20(25-18)24-16-5-3-13(4-6-16)15-2-1-8-22-11-15/h1-12,17,23H,(H,24,25). The van der Waals surface area contributed by atoms with Crippen LogP contribution in [0.3, 0.4) is 0 Å². The number of nitrogens with one attached hydrogen (secondary N) is 2. The van der Waals surface area contributed by atoms with E-state index < -0.39 is 6.04 Å². The second kappa shape index (κ2) is 6.98. The van der Waals surface area contributed by atoms with Gasteiger partial charge in [0.2, 0.25) is 0 Å². The van der Waals surface area contributed by atoms with Crippen molar-refractivity contribution in [2.75, 3.05) is 5.32 Å². The first kappa shape index (κ1) is 16.3. The third-order valence-corrected chi connectivity index (χ3v) is 4.38. The minimum absolute atomic E-state index is 0.370. The second-order valence-electron chi connectivity index (χ2n) is 5.85. The number of aromatic nitrogens is 2. The summed E-state index contributed by atoms with van der Waals surface area (Å²) in [5.41, 5.74) is 4.63. The average molecular weight is 363 g/mol. The van der Waals surface area contributed by atoms with Gasteiger partial charge in [0, 0.05) is 23.6 Å². The van der Waals surface area contributed by atoms with E-state index in [2.05, 4.69) is 20.6 Å². The van der Waals surface area contributed by atoms with Crippen LogP contribution >= 0.6 is 11.6 Å². The highest BCUT2D eigenvalue weighted by atomic mass is 35.5. The fourth-order valence-corrected chi connectivity index (χ4v) is 3.15. The normalized spacial score (nSPS) is 15.0. The fourth-order valence-electron chi connectivity index (χ4n) is 2.95. The van der Waals surface area contributed by atoms with Crippen LogP contribution in [0, 0.1) is 0 Å². The molecule has 0 spiro atoms. The van der Waals surface area contributed by atoms with Crippen molar-refractivity contribution >= 4 is 35.5 Å². The van der Waals surface area contributed by atoms with Gasteiger partial charge in [-0.15, -0.1) is 0 Å². The van der Waals surface area contributed by atoms with Crippen LogP contribution in [0.15, 0.2) is 61.1 Å². The Bertz CT molecular complexity index is 971. The number of carbonyl (C=O) groups excluding carboxylic acids is 1. The molecular weight excluding hydrogens is 348 g/mol. The zero-order valence-corrected chi connectivity index (χ0v) is 14.4. The number of rotatable bonds is 4. The van der Waals surface area contributed by atoms with E-state index in [1.54, 1.807) is 18.5 Å². The fraction of sp³-hybridized carbons (Fsp3) is 0.0500. The summed E-state index contributed by atoms with van der Waals surface area (Å²) in [6.45, 7) is 0. The number of nitrogens with zero attached hydrogens (tertiary/aromatic N) is 2. The van der Waals surface area contributed by atoms with Gasteiger partial charge in [-0.3, -0.25) is 4.98 Å². The lowest BCUT2D eigenvalue weighted by Gasteiger charge is -2.22. The maximum Gasteiger partial charge on any atom is 0.146 e. The van der Waals surface area contributed by atoms with Crippen molar-refractivity contribution in [3.63, 3.8) is 0 Å². The molecule has 128 valence electrons. The molecule has 0 fully saturated rings. The predicted molar refractivity (Wildman–Crippen MR) is 103 cm³/mol. The molecule has 2 aromatic heterocycles. The molecule has 0 aliphatic carbocycles. The third-order valence-electron chi connectivity index (χ3n) is 4.19. The molecule has 1 aliphatic rings. The lowest BCUT2D eigenvalue weighted by molar-refractivity contribution is -0.109. The molecule has 3 aromatic rings. The highest BCUT2D eigenvalue weighted by Crippen LogP contribution is 2.32. The zero-order valence-electron chi connectivity index (χ0n) is 13.7. The minimum Gasteiger partial charge on any atom is -0.378 e. The molecule has 26 heavy (non-hydrogen) atoms. The molecule has 6 heteroatoms. The molecule has 5 nitrogen and oxygen atoms in total. The molecule has 0 bridgehead atoms. The summed E-state index contributed by atoms with van der Waals surface area (Å²) < 4.78 is 0. The number of halogens is 1. The summed E-state index contributed by atoms with van der Waals surface area (Å²) >= 11 is 6.14. The number of carbonyl (C=O) groups is 1. The predicted octanol–water partition coefficient (Wildman–Crippen LogP) is 4.35. The number of hydrogen-bond donors (Lipinski definition) is 2. The number of benzene rings is 1. The SMILES string of the molecule is O=CC1NC=Cc2cc(Cl)nc(Nc3ccc(-c4cccnc4)cc3)c21. The maximum absolute atomic E-state index is 11.4. The van der Waals surface area contributed by atoms with Crippen LogP contribution in [-0.4, -0.2) is 16.3 Å². The van der Waals surface area contributed by atoms with Crippen LogP contribution in [-0.2, 0) is 4.79 Å². The molecule has 4 rings (SSSR count). The van der Waals surface area contributed by atoms with Gasteiger partial charge in [-0.1, -0.05) is 29.8 Å². The minimum atomic E-state index is -0.461. The van der Waals surface area contributed by atoms with Crippen molar-refractivity contribution in [1.82, 2.24) is 15.3 Å². The van der Waals surface area contributed by atoms with Gasteiger partial charge in [0.05, 0.1) is 0 Å². The largest absolute Gasteiger partial charge is 0.378 e. The summed E-state index contributed by atoms with van der Waals surface area (Å²) in [6.07, 6.45) is 8.04. The smallest absolute Gasteiger partial charge is 0.146 e. The summed E-state index contributed by atoms with van der Waals surface area (Å²) in [5, 5.41) is 6.66. The van der Waals surface area contributed by atoms with Gasteiger partial charge in [-0.2, -0.15) is 0 Å². The van der Waals surface area contributed by atoms with E-state index in [1.165, 1.54) is 0 Å². The van der Waals surface area contributed by atoms with Gasteiger partial charge in [0.25, 0.3) is 0 Å². The number of hydrogen-bond acceptors (Lipinski definition) is 5. The lowest BCUT2D eigenvalue weighted by Crippen LogP contribution is -2.22. The quantitative estimate of drug-likeness (QED) is 0.533. The van der Waals surface area contributed by atoms with Gasteiger partial charge in [-0.05, 0) is 53.2 Å². The Labute approximate surface area is 155 Å². The van der Waals surface area contributed by atoms with E-state index in [0.717, 1.165) is 34.2 Å². The highest BCUT2D eigenvalue weighted by Gasteiger charge is 2.22. The summed E-state index contributed by atoms with van der Waals surface area (Å²) in [6, 6.07) is 13.1. The van der Waals surface area contributed by atoms with Gasteiger partial charge in [-0.25, -0.2) is 4.98 Å². The first-order valence-electron chi connectivity index (χ1n) is 8.10. The molecule has 3 heterocycles.